The fraction of sp³-hybridized carbons (Fsp3) is 0.538. The lowest BCUT2D eigenvalue weighted by atomic mass is 10.1. The van der Waals surface area contributed by atoms with Crippen LogP contribution in [0.1, 0.15) is 11.1 Å². The lowest BCUT2D eigenvalue weighted by Crippen LogP contribution is -2.44. The molecule has 0 aromatic heterocycles. The zero-order valence-corrected chi connectivity index (χ0v) is 11.4. The summed E-state index contributed by atoms with van der Waals surface area (Å²) in [6, 6.07) is 6.68. The minimum absolute atomic E-state index is 1.14. The standard InChI is InChI=1S/C13H19BrN2/c1-11-2-3-12(10-13(11)14)4-7-16-8-5-15-6-9-16/h2-3,10,15H,4-9H2,1H3. The van der Waals surface area contributed by atoms with Crippen molar-refractivity contribution in [1.29, 1.82) is 0 Å². The second-order valence-corrected chi connectivity index (χ2v) is 5.28. The van der Waals surface area contributed by atoms with Crippen molar-refractivity contribution in [1.82, 2.24) is 10.2 Å². The number of aryl methyl sites for hydroxylation is 1. The first-order chi connectivity index (χ1) is 7.75. The molecule has 2 nitrogen and oxygen atoms in total. The van der Waals surface area contributed by atoms with Crippen molar-refractivity contribution < 1.29 is 0 Å². The first kappa shape index (κ1) is 12.1. The molecule has 1 aromatic carbocycles. The number of rotatable bonds is 3. The first-order valence-corrected chi connectivity index (χ1v) is 6.73. The van der Waals surface area contributed by atoms with Crippen molar-refractivity contribution in [3.05, 3.63) is 33.8 Å². The Bertz CT molecular complexity index is 346. The zero-order chi connectivity index (χ0) is 11.4. The van der Waals surface area contributed by atoms with E-state index < -0.39 is 0 Å². The SMILES string of the molecule is Cc1ccc(CCN2CCNCC2)cc1Br. The van der Waals surface area contributed by atoms with Gasteiger partial charge < -0.3 is 10.2 Å². The lowest BCUT2D eigenvalue weighted by Gasteiger charge is -2.27. The third-order valence-corrected chi connectivity index (χ3v) is 4.02. The van der Waals surface area contributed by atoms with Crippen molar-refractivity contribution in [2.45, 2.75) is 13.3 Å². The van der Waals surface area contributed by atoms with Crippen molar-refractivity contribution in [2.75, 3.05) is 32.7 Å². The summed E-state index contributed by atoms with van der Waals surface area (Å²) in [4.78, 5) is 2.53. The van der Waals surface area contributed by atoms with Gasteiger partial charge in [-0.1, -0.05) is 28.1 Å². The third kappa shape index (κ3) is 3.30. The van der Waals surface area contributed by atoms with E-state index in [-0.39, 0.29) is 0 Å². The summed E-state index contributed by atoms with van der Waals surface area (Å²) in [5, 5.41) is 3.38. The summed E-state index contributed by atoms with van der Waals surface area (Å²) in [6.45, 7) is 7.95. The number of nitrogens with zero attached hydrogens (tertiary/aromatic N) is 1. The first-order valence-electron chi connectivity index (χ1n) is 5.94. The van der Waals surface area contributed by atoms with Crippen LogP contribution in [0.25, 0.3) is 0 Å². The Kier molecular flexibility index (Phi) is 4.38. The van der Waals surface area contributed by atoms with Crippen molar-refractivity contribution >= 4 is 15.9 Å². The molecule has 0 bridgehead atoms. The van der Waals surface area contributed by atoms with E-state index >= 15 is 0 Å². The van der Waals surface area contributed by atoms with Gasteiger partial charge in [0.05, 0.1) is 0 Å². The Balaban J connectivity index is 1.86. The van der Waals surface area contributed by atoms with Crippen LogP contribution in [-0.2, 0) is 6.42 Å². The number of hydrogen-bond donors (Lipinski definition) is 1. The summed E-state index contributed by atoms with van der Waals surface area (Å²) in [6.07, 6.45) is 1.15. The topological polar surface area (TPSA) is 15.3 Å². The van der Waals surface area contributed by atoms with Crippen LogP contribution in [0.2, 0.25) is 0 Å². The van der Waals surface area contributed by atoms with Crippen molar-refractivity contribution in [3.63, 3.8) is 0 Å². The Labute approximate surface area is 106 Å². The second kappa shape index (κ2) is 5.80. The van der Waals surface area contributed by atoms with Crippen molar-refractivity contribution in [2.24, 2.45) is 0 Å². The molecular formula is C13H19BrN2. The van der Waals surface area contributed by atoms with E-state index in [1.165, 1.54) is 35.2 Å². The van der Waals surface area contributed by atoms with Crippen LogP contribution in [0, 0.1) is 6.92 Å². The van der Waals surface area contributed by atoms with Gasteiger partial charge in [0.15, 0.2) is 0 Å². The van der Waals surface area contributed by atoms with Crippen LogP contribution < -0.4 is 5.32 Å². The fourth-order valence-corrected chi connectivity index (χ4v) is 2.44. The molecular weight excluding hydrogens is 264 g/mol. The van der Waals surface area contributed by atoms with E-state index in [9.17, 15) is 0 Å². The van der Waals surface area contributed by atoms with E-state index in [2.05, 4.69) is 51.3 Å². The predicted octanol–water partition coefficient (Wildman–Crippen LogP) is 2.21. The smallest absolute Gasteiger partial charge is 0.0207 e. The molecule has 1 N–H and O–H groups in total. The molecule has 0 radical (unpaired) electrons. The molecule has 0 saturated carbocycles. The van der Waals surface area contributed by atoms with Crippen LogP contribution >= 0.6 is 15.9 Å². The van der Waals surface area contributed by atoms with Crippen LogP contribution in [-0.4, -0.2) is 37.6 Å². The predicted molar refractivity (Wildman–Crippen MR) is 71.9 cm³/mol. The molecule has 1 fully saturated rings. The van der Waals surface area contributed by atoms with E-state index in [0.717, 1.165) is 19.5 Å². The molecule has 0 atom stereocenters. The molecule has 0 aliphatic carbocycles. The molecule has 0 spiro atoms. The maximum absolute atomic E-state index is 3.59. The Morgan fingerprint density at radius 1 is 1.31 bits per heavy atom. The summed E-state index contributed by atoms with van der Waals surface area (Å²) < 4.78 is 1.23. The van der Waals surface area contributed by atoms with E-state index in [1.54, 1.807) is 0 Å². The maximum atomic E-state index is 3.59. The van der Waals surface area contributed by atoms with Gasteiger partial charge in [0.25, 0.3) is 0 Å². The summed E-state index contributed by atoms with van der Waals surface area (Å²) >= 11 is 3.59. The average Bonchev–Trinajstić information content (AvgIpc) is 2.32. The molecule has 88 valence electrons. The minimum atomic E-state index is 1.14. The van der Waals surface area contributed by atoms with Gasteiger partial charge in [-0.25, -0.2) is 0 Å². The van der Waals surface area contributed by atoms with Gasteiger partial charge in [0.1, 0.15) is 0 Å². The quantitative estimate of drug-likeness (QED) is 0.915. The van der Waals surface area contributed by atoms with Gasteiger partial charge in [-0.2, -0.15) is 0 Å². The van der Waals surface area contributed by atoms with E-state index in [4.69, 9.17) is 0 Å². The summed E-state index contributed by atoms with van der Waals surface area (Å²) in [5.41, 5.74) is 2.74. The van der Waals surface area contributed by atoms with E-state index in [0.29, 0.717) is 0 Å². The monoisotopic (exact) mass is 282 g/mol. The minimum Gasteiger partial charge on any atom is -0.314 e. The van der Waals surface area contributed by atoms with Crippen LogP contribution in [0.15, 0.2) is 22.7 Å². The molecule has 0 amide bonds. The molecule has 1 aromatic rings. The molecule has 1 aliphatic rings. The Hall–Kier alpha value is -0.380. The summed E-state index contributed by atoms with van der Waals surface area (Å²) in [7, 11) is 0. The van der Waals surface area contributed by atoms with Gasteiger partial charge in [-0.05, 0) is 30.5 Å². The zero-order valence-electron chi connectivity index (χ0n) is 9.80. The van der Waals surface area contributed by atoms with Crippen LogP contribution in [0.5, 0.6) is 0 Å². The Morgan fingerprint density at radius 2 is 2.06 bits per heavy atom. The highest BCUT2D eigenvalue weighted by Crippen LogP contribution is 2.17. The highest BCUT2D eigenvalue weighted by molar-refractivity contribution is 9.10. The van der Waals surface area contributed by atoms with Crippen molar-refractivity contribution in [3.8, 4) is 0 Å². The number of nitrogens with one attached hydrogen (secondary N) is 1. The fourth-order valence-electron chi connectivity index (χ4n) is 2.01. The average molecular weight is 283 g/mol. The molecule has 1 aliphatic heterocycles. The largest absolute Gasteiger partial charge is 0.314 e. The number of halogens is 1. The van der Waals surface area contributed by atoms with Gasteiger partial charge in [-0.3, -0.25) is 0 Å². The summed E-state index contributed by atoms with van der Waals surface area (Å²) in [5.74, 6) is 0. The van der Waals surface area contributed by atoms with Gasteiger partial charge in [-0.15, -0.1) is 0 Å². The van der Waals surface area contributed by atoms with Crippen LogP contribution in [0.3, 0.4) is 0 Å². The highest BCUT2D eigenvalue weighted by Gasteiger charge is 2.09. The second-order valence-electron chi connectivity index (χ2n) is 4.43. The van der Waals surface area contributed by atoms with Gasteiger partial charge in [0, 0.05) is 37.2 Å². The molecule has 1 saturated heterocycles. The number of benzene rings is 1. The molecule has 1 heterocycles. The number of piperazine rings is 1. The maximum Gasteiger partial charge on any atom is 0.0207 e. The van der Waals surface area contributed by atoms with Crippen LogP contribution in [0.4, 0.5) is 0 Å². The van der Waals surface area contributed by atoms with E-state index in [1.807, 2.05) is 0 Å². The Morgan fingerprint density at radius 3 is 2.75 bits per heavy atom. The molecule has 2 rings (SSSR count). The number of hydrogen-bond acceptors (Lipinski definition) is 2. The third-order valence-electron chi connectivity index (χ3n) is 3.16. The molecule has 3 heteroatoms. The normalized spacial score (nSPS) is 17.6. The molecule has 16 heavy (non-hydrogen) atoms. The molecule has 0 unspecified atom stereocenters. The highest BCUT2D eigenvalue weighted by atomic mass is 79.9. The van der Waals surface area contributed by atoms with Gasteiger partial charge in [0.2, 0.25) is 0 Å². The van der Waals surface area contributed by atoms with Gasteiger partial charge >= 0.3 is 0 Å². The lowest BCUT2D eigenvalue weighted by molar-refractivity contribution is 0.244.